The molecular formula is C10H18NS+. The van der Waals surface area contributed by atoms with Gasteiger partial charge in [-0.2, -0.15) is 4.57 Å². The van der Waals surface area contributed by atoms with Crippen LogP contribution in [0, 0.1) is 6.92 Å². The first kappa shape index (κ1) is 9.72. The number of hydrogen-bond acceptors (Lipinski definition) is 1. The molecule has 1 aromatic rings. The molecule has 0 atom stereocenters. The van der Waals surface area contributed by atoms with Crippen molar-refractivity contribution in [2.24, 2.45) is 0 Å². The minimum absolute atomic E-state index is 1.17. The quantitative estimate of drug-likeness (QED) is 0.633. The highest BCUT2D eigenvalue weighted by Crippen LogP contribution is 2.10. The average Bonchev–Trinajstić information content (AvgIpc) is 2.43. The molecule has 0 unspecified atom stereocenters. The van der Waals surface area contributed by atoms with E-state index in [9.17, 15) is 0 Å². The Labute approximate surface area is 79.1 Å². The minimum atomic E-state index is 1.17. The van der Waals surface area contributed by atoms with Crippen LogP contribution in [0.3, 0.4) is 0 Å². The summed E-state index contributed by atoms with van der Waals surface area (Å²) in [6, 6.07) is 0. The first-order valence-corrected chi connectivity index (χ1v) is 5.64. The van der Waals surface area contributed by atoms with Gasteiger partial charge in [0.05, 0.1) is 4.88 Å². The largest absolute Gasteiger partial charge is 0.225 e. The number of thiazole rings is 1. The fourth-order valence-electron chi connectivity index (χ4n) is 1.44. The molecule has 0 aromatic carbocycles. The van der Waals surface area contributed by atoms with Gasteiger partial charge in [-0.1, -0.05) is 31.6 Å². The van der Waals surface area contributed by atoms with Crippen LogP contribution >= 0.6 is 11.3 Å². The normalized spacial score (nSPS) is 10.6. The smallest absolute Gasteiger partial charge is 0.192 e. The van der Waals surface area contributed by atoms with Gasteiger partial charge in [-0.05, 0) is 6.92 Å². The second kappa shape index (κ2) is 4.61. The Hall–Kier alpha value is -0.370. The molecular weight excluding hydrogens is 166 g/mol. The summed E-state index contributed by atoms with van der Waals surface area (Å²) in [5, 5.41) is 0. The molecule has 0 N–H and O–H groups in total. The van der Waals surface area contributed by atoms with Gasteiger partial charge in [-0.15, -0.1) is 0 Å². The van der Waals surface area contributed by atoms with Crippen molar-refractivity contribution in [2.45, 2.75) is 46.6 Å². The summed E-state index contributed by atoms with van der Waals surface area (Å²) in [6.07, 6.45) is 3.75. The van der Waals surface area contributed by atoms with Gasteiger partial charge in [0, 0.05) is 12.8 Å². The third-order valence-corrected chi connectivity index (χ3v) is 3.15. The summed E-state index contributed by atoms with van der Waals surface area (Å²) in [5.41, 5.74) is 3.78. The highest BCUT2D eigenvalue weighted by molar-refractivity contribution is 7.09. The number of nitrogens with zero attached hydrogens (tertiary/aromatic N) is 1. The molecule has 0 saturated heterocycles. The SMILES string of the molecule is CCCC[n+]1csc(C)c1CC. The molecule has 0 bridgehead atoms. The van der Waals surface area contributed by atoms with Crippen LogP contribution in [0.25, 0.3) is 0 Å². The Morgan fingerprint density at radius 1 is 1.42 bits per heavy atom. The summed E-state index contributed by atoms with van der Waals surface area (Å²) < 4.78 is 2.41. The maximum atomic E-state index is 2.41. The van der Waals surface area contributed by atoms with Crippen LogP contribution in [-0.4, -0.2) is 0 Å². The Balaban J connectivity index is 2.70. The molecule has 0 spiro atoms. The van der Waals surface area contributed by atoms with Crippen LogP contribution in [-0.2, 0) is 13.0 Å². The predicted octanol–water partition coefficient (Wildman–Crippen LogP) is 2.71. The lowest BCUT2D eigenvalue weighted by molar-refractivity contribution is -0.699. The van der Waals surface area contributed by atoms with Crippen molar-refractivity contribution in [1.82, 2.24) is 0 Å². The molecule has 0 amide bonds. The monoisotopic (exact) mass is 184 g/mol. The van der Waals surface area contributed by atoms with Crippen molar-refractivity contribution in [3.63, 3.8) is 0 Å². The first-order valence-electron chi connectivity index (χ1n) is 4.76. The van der Waals surface area contributed by atoms with Crippen molar-refractivity contribution < 1.29 is 4.57 Å². The summed E-state index contributed by atoms with van der Waals surface area (Å²) in [5.74, 6) is 0. The summed E-state index contributed by atoms with van der Waals surface area (Å²) >= 11 is 1.87. The van der Waals surface area contributed by atoms with Crippen LogP contribution in [0.5, 0.6) is 0 Å². The fourth-order valence-corrected chi connectivity index (χ4v) is 2.36. The van der Waals surface area contributed by atoms with E-state index >= 15 is 0 Å². The maximum absolute atomic E-state index is 2.41. The fraction of sp³-hybridized carbons (Fsp3) is 0.700. The van der Waals surface area contributed by atoms with Gasteiger partial charge in [0.15, 0.2) is 5.69 Å². The highest BCUT2D eigenvalue weighted by atomic mass is 32.1. The van der Waals surface area contributed by atoms with Gasteiger partial charge >= 0.3 is 0 Å². The Morgan fingerprint density at radius 2 is 2.17 bits per heavy atom. The van der Waals surface area contributed by atoms with Crippen LogP contribution in [0.15, 0.2) is 5.51 Å². The third kappa shape index (κ3) is 2.07. The summed E-state index contributed by atoms with van der Waals surface area (Å²) in [6.45, 7) is 7.89. The molecule has 0 aliphatic heterocycles. The van der Waals surface area contributed by atoms with Crippen molar-refractivity contribution in [1.29, 1.82) is 0 Å². The molecule has 0 fully saturated rings. The summed E-state index contributed by atoms with van der Waals surface area (Å²) in [7, 11) is 0. The van der Waals surface area contributed by atoms with Crippen LogP contribution < -0.4 is 4.57 Å². The Morgan fingerprint density at radius 3 is 2.75 bits per heavy atom. The van der Waals surface area contributed by atoms with Crippen molar-refractivity contribution in [2.75, 3.05) is 0 Å². The van der Waals surface area contributed by atoms with Crippen LogP contribution in [0.1, 0.15) is 37.3 Å². The lowest BCUT2D eigenvalue weighted by Crippen LogP contribution is -2.35. The van der Waals surface area contributed by atoms with Crippen molar-refractivity contribution >= 4 is 11.3 Å². The van der Waals surface area contributed by atoms with Crippen molar-refractivity contribution in [3.8, 4) is 0 Å². The summed E-state index contributed by atoms with van der Waals surface area (Å²) in [4.78, 5) is 1.48. The van der Waals surface area contributed by atoms with E-state index < -0.39 is 0 Å². The van der Waals surface area contributed by atoms with Crippen LogP contribution in [0.4, 0.5) is 0 Å². The van der Waals surface area contributed by atoms with E-state index in [0.29, 0.717) is 0 Å². The first-order chi connectivity index (χ1) is 5.79. The van der Waals surface area contributed by atoms with Gasteiger partial charge in [0.1, 0.15) is 6.54 Å². The molecule has 0 radical (unpaired) electrons. The zero-order valence-corrected chi connectivity index (χ0v) is 9.08. The van der Waals surface area contributed by atoms with E-state index in [1.54, 1.807) is 0 Å². The minimum Gasteiger partial charge on any atom is -0.192 e. The second-order valence-electron chi connectivity index (χ2n) is 3.13. The molecule has 2 heteroatoms. The number of unbranched alkanes of at least 4 members (excludes halogenated alkanes) is 1. The van der Waals surface area contributed by atoms with E-state index in [1.807, 2.05) is 11.3 Å². The lowest BCUT2D eigenvalue weighted by atomic mass is 10.3. The average molecular weight is 184 g/mol. The van der Waals surface area contributed by atoms with Gasteiger partial charge in [-0.25, -0.2) is 0 Å². The predicted molar refractivity (Wildman–Crippen MR) is 53.5 cm³/mol. The number of rotatable bonds is 4. The van der Waals surface area contributed by atoms with Gasteiger partial charge in [0.25, 0.3) is 0 Å². The number of aromatic nitrogens is 1. The highest BCUT2D eigenvalue weighted by Gasteiger charge is 2.13. The molecule has 12 heavy (non-hydrogen) atoms. The zero-order valence-electron chi connectivity index (χ0n) is 8.26. The van der Waals surface area contributed by atoms with E-state index in [1.165, 1.54) is 36.4 Å². The zero-order chi connectivity index (χ0) is 8.97. The van der Waals surface area contributed by atoms with E-state index in [0.717, 1.165) is 0 Å². The Bertz CT molecular complexity index is 240. The topological polar surface area (TPSA) is 3.88 Å². The van der Waals surface area contributed by atoms with Gasteiger partial charge < -0.3 is 0 Å². The van der Waals surface area contributed by atoms with E-state index in [2.05, 4.69) is 30.8 Å². The third-order valence-electron chi connectivity index (χ3n) is 2.20. The van der Waals surface area contributed by atoms with E-state index in [-0.39, 0.29) is 0 Å². The van der Waals surface area contributed by atoms with Crippen LogP contribution in [0.2, 0.25) is 0 Å². The second-order valence-corrected chi connectivity index (χ2v) is 4.19. The molecule has 68 valence electrons. The molecule has 0 aliphatic rings. The number of aryl methyl sites for hydroxylation is 2. The van der Waals surface area contributed by atoms with Gasteiger partial charge in [0.2, 0.25) is 5.51 Å². The number of hydrogen-bond donors (Lipinski definition) is 0. The molecule has 1 nitrogen and oxygen atoms in total. The molecule has 0 aliphatic carbocycles. The molecule has 1 rings (SSSR count). The van der Waals surface area contributed by atoms with E-state index in [4.69, 9.17) is 0 Å². The Kier molecular flexibility index (Phi) is 3.73. The van der Waals surface area contributed by atoms with Crippen molar-refractivity contribution in [3.05, 3.63) is 16.1 Å². The maximum Gasteiger partial charge on any atom is 0.225 e. The molecule has 1 aromatic heterocycles. The molecule has 1 heterocycles. The molecule has 0 saturated carbocycles. The standard InChI is InChI=1S/C10H18NS/c1-4-6-7-11-8-12-9(3)10(11)5-2/h8H,4-7H2,1-3H3/q+1. The van der Waals surface area contributed by atoms with Gasteiger partial charge in [-0.3, -0.25) is 0 Å². The lowest BCUT2D eigenvalue weighted by Gasteiger charge is -1.95.